The molecule has 0 aromatic rings. The molecule has 2 N–H and O–H groups in total. The fourth-order valence-electron chi connectivity index (χ4n) is 2.36. The van der Waals surface area contributed by atoms with E-state index >= 15 is 0 Å². The molecule has 1 rings (SSSR count). The summed E-state index contributed by atoms with van der Waals surface area (Å²) in [6.07, 6.45) is 5.48. The molecular formula is C10H22N2. The van der Waals surface area contributed by atoms with Gasteiger partial charge in [0.15, 0.2) is 0 Å². The van der Waals surface area contributed by atoms with Gasteiger partial charge in [-0.05, 0) is 51.7 Å². The fraction of sp³-hybridized carbons (Fsp3) is 1.00. The first-order chi connectivity index (χ1) is 5.72. The molecule has 2 heteroatoms. The summed E-state index contributed by atoms with van der Waals surface area (Å²) in [7, 11) is 4.33. The summed E-state index contributed by atoms with van der Waals surface area (Å²) in [6.45, 7) is 2.14. The Morgan fingerprint density at radius 3 is 2.50 bits per heavy atom. The van der Waals surface area contributed by atoms with Crippen molar-refractivity contribution in [2.24, 2.45) is 17.6 Å². The first-order valence-corrected chi connectivity index (χ1v) is 5.07. The van der Waals surface area contributed by atoms with Crippen LogP contribution in [0.1, 0.15) is 25.7 Å². The highest BCUT2D eigenvalue weighted by molar-refractivity contribution is 4.77. The second-order valence-corrected chi connectivity index (χ2v) is 4.38. The van der Waals surface area contributed by atoms with Crippen LogP contribution >= 0.6 is 0 Å². The molecule has 72 valence electrons. The zero-order valence-electron chi connectivity index (χ0n) is 8.42. The Balaban J connectivity index is 2.16. The van der Waals surface area contributed by atoms with Crippen molar-refractivity contribution in [1.82, 2.24) is 4.90 Å². The summed E-state index contributed by atoms with van der Waals surface area (Å²) in [6, 6.07) is 0. The minimum absolute atomic E-state index is 0.874. The SMILES string of the molecule is CN(C)CC1CCC(CCN)C1. The lowest BCUT2D eigenvalue weighted by Gasteiger charge is -2.15. The molecule has 0 amide bonds. The van der Waals surface area contributed by atoms with Gasteiger partial charge < -0.3 is 10.6 Å². The molecule has 1 aliphatic carbocycles. The molecule has 1 aliphatic rings. The minimum Gasteiger partial charge on any atom is -0.330 e. The van der Waals surface area contributed by atoms with E-state index in [1.54, 1.807) is 0 Å². The average molecular weight is 170 g/mol. The number of nitrogens with two attached hydrogens (primary N) is 1. The van der Waals surface area contributed by atoms with Crippen LogP contribution in [0.3, 0.4) is 0 Å². The lowest BCUT2D eigenvalue weighted by atomic mass is 10.0. The predicted molar refractivity (Wildman–Crippen MR) is 53.1 cm³/mol. The van der Waals surface area contributed by atoms with E-state index in [1.165, 1.54) is 32.2 Å². The van der Waals surface area contributed by atoms with E-state index < -0.39 is 0 Å². The van der Waals surface area contributed by atoms with Crippen LogP contribution in [0.25, 0.3) is 0 Å². The van der Waals surface area contributed by atoms with E-state index in [-0.39, 0.29) is 0 Å². The lowest BCUT2D eigenvalue weighted by molar-refractivity contribution is 0.320. The molecule has 12 heavy (non-hydrogen) atoms. The van der Waals surface area contributed by atoms with Crippen molar-refractivity contribution in [3.05, 3.63) is 0 Å². The maximum Gasteiger partial charge on any atom is 0.000366 e. The fourth-order valence-corrected chi connectivity index (χ4v) is 2.36. The minimum atomic E-state index is 0.874. The van der Waals surface area contributed by atoms with E-state index in [0.717, 1.165) is 18.4 Å². The topological polar surface area (TPSA) is 29.3 Å². The molecule has 1 fully saturated rings. The van der Waals surface area contributed by atoms with Crippen molar-refractivity contribution in [3.8, 4) is 0 Å². The molecule has 0 aromatic carbocycles. The monoisotopic (exact) mass is 170 g/mol. The van der Waals surface area contributed by atoms with Crippen LogP contribution in [0.2, 0.25) is 0 Å². The van der Waals surface area contributed by atoms with Gasteiger partial charge in [0.05, 0.1) is 0 Å². The van der Waals surface area contributed by atoms with Crippen molar-refractivity contribution >= 4 is 0 Å². The van der Waals surface area contributed by atoms with Gasteiger partial charge in [0.1, 0.15) is 0 Å². The Morgan fingerprint density at radius 1 is 1.25 bits per heavy atom. The normalized spacial score (nSPS) is 30.0. The number of hydrogen-bond acceptors (Lipinski definition) is 2. The smallest absolute Gasteiger partial charge is 0.000366 e. The zero-order valence-corrected chi connectivity index (χ0v) is 8.42. The zero-order chi connectivity index (χ0) is 8.97. The van der Waals surface area contributed by atoms with Crippen molar-refractivity contribution in [3.63, 3.8) is 0 Å². The third-order valence-corrected chi connectivity index (χ3v) is 2.85. The van der Waals surface area contributed by atoms with E-state index in [0.29, 0.717) is 0 Å². The average Bonchev–Trinajstić information content (AvgIpc) is 2.36. The molecule has 2 unspecified atom stereocenters. The standard InChI is InChI=1S/C10H22N2/c1-12(2)8-10-4-3-9(7-10)5-6-11/h9-10H,3-8,11H2,1-2H3. The first kappa shape index (κ1) is 10.0. The van der Waals surface area contributed by atoms with Crippen LogP contribution in [0.4, 0.5) is 0 Å². The van der Waals surface area contributed by atoms with Gasteiger partial charge in [-0.25, -0.2) is 0 Å². The van der Waals surface area contributed by atoms with Gasteiger partial charge in [0, 0.05) is 6.54 Å². The molecule has 0 aromatic heterocycles. The predicted octanol–water partition coefficient (Wildman–Crippen LogP) is 1.31. The molecule has 0 saturated heterocycles. The summed E-state index contributed by atoms with van der Waals surface area (Å²) in [5.74, 6) is 1.87. The van der Waals surface area contributed by atoms with Gasteiger partial charge in [0.2, 0.25) is 0 Å². The quantitative estimate of drug-likeness (QED) is 0.689. The summed E-state index contributed by atoms with van der Waals surface area (Å²) >= 11 is 0. The van der Waals surface area contributed by atoms with Crippen LogP contribution < -0.4 is 5.73 Å². The Hall–Kier alpha value is -0.0800. The summed E-state index contributed by atoms with van der Waals surface area (Å²) in [5.41, 5.74) is 5.54. The van der Waals surface area contributed by atoms with Gasteiger partial charge in [-0.1, -0.05) is 6.42 Å². The maximum atomic E-state index is 5.54. The van der Waals surface area contributed by atoms with Crippen LogP contribution in [-0.2, 0) is 0 Å². The van der Waals surface area contributed by atoms with Crippen molar-refractivity contribution in [2.45, 2.75) is 25.7 Å². The molecule has 0 heterocycles. The van der Waals surface area contributed by atoms with E-state index in [2.05, 4.69) is 19.0 Å². The van der Waals surface area contributed by atoms with E-state index in [4.69, 9.17) is 5.73 Å². The van der Waals surface area contributed by atoms with Gasteiger partial charge in [-0.3, -0.25) is 0 Å². The number of nitrogens with zero attached hydrogens (tertiary/aromatic N) is 1. The van der Waals surface area contributed by atoms with Crippen LogP contribution in [0.5, 0.6) is 0 Å². The van der Waals surface area contributed by atoms with E-state index in [9.17, 15) is 0 Å². The third kappa shape index (κ3) is 3.11. The molecule has 2 nitrogen and oxygen atoms in total. The summed E-state index contributed by atoms with van der Waals surface area (Å²) < 4.78 is 0. The van der Waals surface area contributed by atoms with Crippen LogP contribution in [0.15, 0.2) is 0 Å². The lowest BCUT2D eigenvalue weighted by Crippen LogP contribution is -2.20. The second-order valence-electron chi connectivity index (χ2n) is 4.38. The van der Waals surface area contributed by atoms with Gasteiger partial charge >= 0.3 is 0 Å². The molecule has 1 saturated carbocycles. The van der Waals surface area contributed by atoms with Gasteiger partial charge in [-0.2, -0.15) is 0 Å². The van der Waals surface area contributed by atoms with Gasteiger partial charge in [-0.15, -0.1) is 0 Å². The van der Waals surface area contributed by atoms with Crippen molar-refractivity contribution < 1.29 is 0 Å². The molecule has 0 spiro atoms. The molecule has 0 radical (unpaired) electrons. The van der Waals surface area contributed by atoms with Crippen LogP contribution in [-0.4, -0.2) is 32.1 Å². The molecule has 0 aliphatic heterocycles. The molecule has 0 bridgehead atoms. The van der Waals surface area contributed by atoms with Crippen LogP contribution in [0, 0.1) is 11.8 Å². The second kappa shape index (κ2) is 4.83. The van der Waals surface area contributed by atoms with E-state index in [1.807, 2.05) is 0 Å². The summed E-state index contributed by atoms with van der Waals surface area (Å²) in [5, 5.41) is 0. The highest BCUT2D eigenvalue weighted by atomic mass is 15.1. The Morgan fingerprint density at radius 2 is 1.92 bits per heavy atom. The Bertz CT molecular complexity index is 123. The number of rotatable bonds is 4. The Kier molecular flexibility index (Phi) is 4.02. The van der Waals surface area contributed by atoms with Crippen molar-refractivity contribution in [1.29, 1.82) is 0 Å². The van der Waals surface area contributed by atoms with Crippen molar-refractivity contribution in [2.75, 3.05) is 27.2 Å². The highest BCUT2D eigenvalue weighted by Crippen LogP contribution is 2.32. The highest BCUT2D eigenvalue weighted by Gasteiger charge is 2.23. The van der Waals surface area contributed by atoms with Gasteiger partial charge in [0.25, 0.3) is 0 Å². The Labute approximate surface area is 76.1 Å². The first-order valence-electron chi connectivity index (χ1n) is 5.07. The number of hydrogen-bond donors (Lipinski definition) is 1. The summed E-state index contributed by atoms with van der Waals surface area (Å²) in [4.78, 5) is 2.30. The molecule has 2 atom stereocenters. The maximum absolute atomic E-state index is 5.54. The molecular weight excluding hydrogens is 148 g/mol. The third-order valence-electron chi connectivity index (χ3n) is 2.85. The largest absolute Gasteiger partial charge is 0.330 e.